The van der Waals surface area contributed by atoms with Crippen LogP contribution in [0.5, 0.6) is 0 Å². The van der Waals surface area contributed by atoms with Gasteiger partial charge in [-0.3, -0.25) is 4.90 Å². The second-order valence-corrected chi connectivity index (χ2v) is 5.25. The Hall–Kier alpha value is -1.10. The molecule has 1 aromatic heterocycles. The highest BCUT2D eigenvalue weighted by Crippen LogP contribution is 2.19. The lowest BCUT2D eigenvalue weighted by Gasteiger charge is -2.41. The smallest absolute Gasteiger partial charge is 0.318 e. The first-order valence-corrected chi connectivity index (χ1v) is 5.77. The van der Waals surface area contributed by atoms with Crippen molar-refractivity contribution in [2.75, 3.05) is 31.1 Å². The maximum absolute atomic E-state index is 5.43. The first-order valence-electron chi connectivity index (χ1n) is 5.77. The van der Waals surface area contributed by atoms with Crippen LogP contribution in [0.1, 0.15) is 26.7 Å². The van der Waals surface area contributed by atoms with Gasteiger partial charge in [-0.25, -0.2) is 0 Å². The van der Waals surface area contributed by atoms with E-state index in [1.165, 1.54) is 0 Å². The maximum atomic E-state index is 5.43. The summed E-state index contributed by atoms with van der Waals surface area (Å²) >= 11 is 0. The molecule has 0 aromatic carbocycles. The van der Waals surface area contributed by atoms with Crippen molar-refractivity contribution < 1.29 is 4.42 Å². The molecule has 1 aliphatic rings. The summed E-state index contributed by atoms with van der Waals surface area (Å²) in [6, 6.07) is 0.658. The van der Waals surface area contributed by atoms with E-state index < -0.39 is 0 Å². The molecule has 0 unspecified atom stereocenters. The molecule has 0 bridgehead atoms. The van der Waals surface area contributed by atoms with Crippen LogP contribution in [-0.2, 0) is 0 Å². The first kappa shape index (κ1) is 11.4. The molecule has 1 aliphatic heterocycles. The van der Waals surface area contributed by atoms with Gasteiger partial charge in [0.15, 0.2) is 0 Å². The maximum Gasteiger partial charge on any atom is 0.318 e. The van der Waals surface area contributed by atoms with Crippen molar-refractivity contribution in [1.82, 2.24) is 15.1 Å². The fraction of sp³-hybridized carbons (Fsp3) is 0.818. The number of hydrogen-bond donors (Lipinski definition) is 0. The van der Waals surface area contributed by atoms with E-state index in [4.69, 9.17) is 4.42 Å². The van der Waals surface area contributed by atoms with Crippen molar-refractivity contribution in [2.45, 2.75) is 33.2 Å². The van der Waals surface area contributed by atoms with Gasteiger partial charge in [0, 0.05) is 38.6 Å². The molecule has 16 heavy (non-hydrogen) atoms. The molecule has 0 saturated carbocycles. The van der Waals surface area contributed by atoms with Crippen molar-refractivity contribution in [3.63, 3.8) is 0 Å². The lowest BCUT2D eigenvalue weighted by Crippen LogP contribution is -2.53. The Morgan fingerprint density at radius 3 is 2.12 bits per heavy atom. The molecule has 0 spiro atoms. The average Bonchev–Trinajstić information content (AvgIpc) is 2.64. The molecule has 90 valence electrons. The van der Waals surface area contributed by atoms with E-state index in [9.17, 15) is 0 Å². The summed E-state index contributed by atoms with van der Waals surface area (Å²) in [5.41, 5.74) is 0.247. The highest BCUT2D eigenvalue weighted by Gasteiger charge is 2.27. The van der Waals surface area contributed by atoms with Crippen LogP contribution in [0.2, 0.25) is 0 Å². The molecule has 0 aliphatic carbocycles. The van der Waals surface area contributed by atoms with Crippen LogP contribution in [0.3, 0.4) is 0 Å². The third kappa shape index (κ3) is 2.35. The lowest BCUT2D eigenvalue weighted by atomic mass is 10.1. The van der Waals surface area contributed by atoms with Gasteiger partial charge >= 0.3 is 6.01 Å². The van der Waals surface area contributed by atoms with Crippen molar-refractivity contribution in [2.24, 2.45) is 0 Å². The van der Waals surface area contributed by atoms with E-state index in [1.807, 2.05) is 6.92 Å². The molecule has 0 radical (unpaired) electrons. The number of piperazine rings is 1. The Morgan fingerprint density at radius 1 is 1.06 bits per heavy atom. The second-order valence-electron chi connectivity index (χ2n) is 5.25. The van der Waals surface area contributed by atoms with Crippen LogP contribution >= 0.6 is 0 Å². The standard InChI is InChI=1S/C11H20N4O/c1-9-12-13-10(16-9)14-5-7-15(8-6-14)11(2,3)4/h5-8H2,1-4H3. The topological polar surface area (TPSA) is 45.4 Å². The molecule has 5 heteroatoms. The normalized spacial score (nSPS) is 19.1. The minimum absolute atomic E-state index is 0.247. The number of anilines is 1. The number of hydrogen-bond acceptors (Lipinski definition) is 5. The van der Waals surface area contributed by atoms with E-state index in [0.29, 0.717) is 11.9 Å². The Bertz CT molecular complexity index is 347. The van der Waals surface area contributed by atoms with Gasteiger partial charge in [-0.05, 0) is 20.8 Å². The third-order valence-electron chi connectivity index (χ3n) is 3.01. The Morgan fingerprint density at radius 2 is 1.69 bits per heavy atom. The lowest BCUT2D eigenvalue weighted by molar-refractivity contribution is 0.126. The van der Waals surface area contributed by atoms with Crippen molar-refractivity contribution in [3.05, 3.63) is 5.89 Å². The number of nitrogens with zero attached hydrogens (tertiary/aromatic N) is 4. The molecule has 1 fully saturated rings. The van der Waals surface area contributed by atoms with Gasteiger partial charge in [-0.1, -0.05) is 5.10 Å². The first-order chi connectivity index (χ1) is 7.47. The highest BCUT2D eigenvalue weighted by molar-refractivity contribution is 5.25. The van der Waals surface area contributed by atoms with Gasteiger partial charge in [-0.15, -0.1) is 5.10 Å². The molecule has 1 aromatic rings. The van der Waals surface area contributed by atoms with Gasteiger partial charge in [0.2, 0.25) is 5.89 Å². The Kier molecular flexibility index (Phi) is 2.88. The van der Waals surface area contributed by atoms with Crippen molar-refractivity contribution >= 4 is 6.01 Å². The monoisotopic (exact) mass is 224 g/mol. The minimum Gasteiger partial charge on any atom is -0.408 e. The molecule has 1 saturated heterocycles. The zero-order valence-electron chi connectivity index (χ0n) is 10.5. The van der Waals surface area contributed by atoms with Crippen molar-refractivity contribution in [3.8, 4) is 0 Å². The van der Waals surface area contributed by atoms with Crippen molar-refractivity contribution in [1.29, 1.82) is 0 Å². The number of rotatable bonds is 1. The molecule has 5 nitrogen and oxygen atoms in total. The molecule has 0 N–H and O–H groups in total. The summed E-state index contributed by atoms with van der Waals surface area (Å²) in [6.07, 6.45) is 0. The predicted molar refractivity (Wildman–Crippen MR) is 62.6 cm³/mol. The van der Waals surface area contributed by atoms with Crippen LogP contribution in [0.15, 0.2) is 4.42 Å². The van der Waals surface area contributed by atoms with Gasteiger partial charge < -0.3 is 9.32 Å². The van der Waals surface area contributed by atoms with E-state index in [2.05, 4.69) is 40.8 Å². The van der Waals surface area contributed by atoms with E-state index in [1.54, 1.807) is 0 Å². The predicted octanol–water partition coefficient (Wildman–Crippen LogP) is 1.30. The highest BCUT2D eigenvalue weighted by atomic mass is 16.4. The van der Waals surface area contributed by atoms with Gasteiger partial charge in [-0.2, -0.15) is 0 Å². The average molecular weight is 224 g/mol. The molecule has 0 atom stereocenters. The van der Waals surface area contributed by atoms with E-state index >= 15 is 0 Å². The summed E-state index contributed by atoms with van der Waals surface area (Å²) in [7, 11) is 0. The Balaban J connectivity index is 1.95. The third-order valence-corrected chi connectivity index (χ3v) is 3.01. The van der Waals surface area contributed by atoms with Crippen LogP contribution in [-0.4, -0.2) is 46.8 Å². The van der Waals surface area contributed by atoms with E-state index in [-0.39, 0.29) is 5.54 Å². The minimum atomic E-state index is 0.247. The quantitative estimate of drug-likeness (QED) is 0.719. The molecule has 0 amide bonds. The Labute approximate surface area is 96.4 Å². The summed E-state index contributed by atoms with van der Waals surface area (Å²) in [4.78, 5) is 4.63. The van der Waals surface area contributed by atoms with Crippen LogP contribution in [0.25, 0.3) is 0 Å². The molecular formula is C11H20N4O. The van der Waals surface area contributed by atoms with Gasteiger partial charge in [0.05, 0.1) is 0 Å². The van der Waals surface area contributed by atoms with Crippen LogP contribution < -0.4 is 4.90 Å². The zero-order valence-corrected chi connectivity index (χ0v) is 10.5. The zero-order chi connectivity index (χ0) is 11.8. The molecule has 2 rings (SSSR count). The number of aryl methyl sites for hydroxylation is 1. The second kappa shape index (κ2) is 4.05. The fourth-order valence-corrected chi connectivity index (χ4v) is 1.98. The summed E-state index contributed by atoms with van der Waals surface area (Å²) in [5, 5.41) is 7.91. The van der Waals surface area contributed by atoms with E-state index in [0.717, 1.165) is 26.2 Å². The van der Waals surface area contributed by atoms with Gasteiger partial charge in [0.1, 0.15) is 0 Å². The summed E-state index contributed by atoms with van der Waals surface area (Å²) < 4.78 is 5.43. The number of aromatic nitrogens is 2. The van der Waals surface area contributed by atoms with Crippen LogP contribution in [0.4, 0.5) is 6.01 Å². The SMILES string of the molecule is Cc1nnc(N2CCN(C(C)(C)C)CC2)o1. The van der Waals surface area contributed by atoms with Gasteiger partial charge in [0.25, 0.3) is 0 Å². The van der Waals surface area contributed by atoms with Crippen LogP contribution in [0, 0.1) is 6.92 Å². The largest absolute Gasteiger partial charge is 0.408 e. The molecule has 2 heterocycles. The fourth-order valence-electron chi connectivity index (χ4n) is 1.98. The molecular weight excluding hydrogens is 204 g/mol. The summed E-state index contributed by atoms with van der Waals surface area (Å²) in [5.74, 6) is 0.633. The summed E-state index contributed by atoms with van der Waals surface area (Å²) in [6.45, 7) is 12.6.